The minimum atomic E-state index is -0.810. The Kier molecular flexibility index (Phi) is 3.78. The first-order valence-corrected chi connectivity index (χ1v) is 5.59. The number of amides is 2. The topological polar surface area (TPSA) is 60.9 Å². The van der Waals surface area contributed by atoms with Crippen LogP contribution in [-0.4, -0.2) is 53.1 Å². The molecule has 1 aliphatic rings. The van der Waals surface area contributed by atoms with Gasteiger partial charge in [0, 0.05) is 26.2 Å². The molecule has 0 bridgehead atoms. The lowest BCUT2D eigenvalue weighted by atomic mass is 9.99. The Labute approximate surface area is 96.0 Å². The molecule has 1 heterocycles. The number of likely N-dealkylation sites (tertiary alicyclic amines) is 1. The number of aliphatic carboxylic acids is 1. The van der Waals surface area contributed by atoms with Crippen LogP contribution in [0.2, 0.25) is 0 Å². The highest BCUT2D eigenvalue weighted by molar-refractivity contribution is 5.77. The maximum absolute atomic E-state index is 12.0. The smallest absolute Gasteiger partial charge is 0.320 e. The zero-order chi connectivity index (χ0) is 12.5. The summed E-state index contributed by atoms with van der Waals surface area (Å²) in [5.74, 6) is -1.21. The third-order valence-electron chi connectivity index (χ3n) is 3.28. The van der Waals surface area contributed by atoms with Crippen molar-refractivity contribution in [3.05, 3.63) is 0 Å². The lowest BCUT2D eigenvalue weighted by Crippen LogP contribution is -2.43. The predicted molar refractivity (Wildman–Crippen MR) is 60.2 cm³/mol. The second kappa shape index (κ2) is 4.72. The Balaban J connectivity index is 2.65. The fraction of sp³-hybridized carbons (Fsp3) is 0.818. The molecule has 92 valence electrons. The molecule has 5 heteroatoms. The minimum absolute atomic E-state index is 0.0296. The summed E-state index contributed by atoms with van der Waals surface area (Å²) in [6.07, 6.45) is 0. The van der Waals surface area contributed by atoms with Gasteiger partial charge in [0.1, 0.15) is 0 Å². The average Bonchev–Trinajstić information content (AvgIpc) is 2.58. The predicted octanol–water partition coefficient (Wildman–Crippen LogP) is 1.10. The molecule has 0 saturated carbocycles. The van der Waals surface area contributed by atoms with Gasteiger partial charge in [0.15, 0.2) is 0 Å². The van der Waals surface area contributed by atoms with E-state index in [0.29, 0.717) is 13.1 Å². The SMILES string of the molecule is CC1CN(C(=O)N(C)C(C)C)CC1C(=O)O. The minimum Gasteiger partial charge on any atom is -0.481 e. The lowest BCUT2D eigenvalue weighted by Gasteiger charge is -2.27. The third-order valence-corrected chi connectivity index (χ3v) is 3.28. The van der Waals surface area contributed by atoms with Crippen molar-refractivity contribution in [2.75, 3.05) is 20.1 Å². The highest BCUT2D eigenvalue weighted by Gasteiger charge is 2.38. The quantitative estimate of drug-likeness (QED) is 0.770. The fourth-order valence-electron chi connectivity index (χ4n) is 1.89. The summed E-state index contributed by atoms with van der Waals surface area (Å²) in [6.45, 7) is 6.61. The largest absolute Gasteiger partial charge is 0.481 e. The lowest BCUT2D eigenvalue weighted by molar-refractivity contribution is -0.142. The van der Waals surface area contributed by atoms with Gasteiger partial charge in [-0.3, -0.25) is 4.79 Å². The Hall–Kier alpha value is -1.26. The van der Waals surface area contributed by atoms with Crippen LogP contribution in [0.4, 0.5) is 4.79 Å². The van der Waals surface area contributed by atoms with Crippen LogP contribution in [0.1, 0.15) is 20.8 Å². The van der Waals surface area contributed by atoms with Gasteiger partial charge in [-0.2, -0.15) is 0 Å². The molecule has 2 amide bonds. The molecule has 1 saturated heterocycles. The second-order valence-electron chi connectivity index (χ2n) is 4.81. The average molecular weight is 228 g/mol. The number of carboxylic acids is 1. The van der Waals surface area contributed by atoms with Gasteiger partial charge in [-0.05, 0) is 19.8 Å². The molecule has 0 aromatic rings. The first-order chi connectivity index (χ1) is 7.34. The normalized spacial score (nSPS) is 24.9. The maximum Gasteiger partial charge on any atom is 0.320 e. The number of carbonyl (C=O) groups is 2. The van der Waals surface area contributed by atoms with Crippen molar-refractivity contribution in [1.29, 1.82) is 0 Å². The molecule has 1 N–H and O–H groups in total. The summed E-state index contributed by atoms with van der Waals surface area (Å²) in [4.78, 5) is 26.2. The van der Waals surface area contributed by atoms with Gasteiger partial charge in [-0.15, -0.1) is 0 Å². The van der Waals surface area contributed by atoms with Crippen LogP contribution in [-0.2, 0) is 4.79 Å². The number of carbonyl (C=O) groups excluding carboxylic acids is 1. The van der Waals surface area contributed by atoms with Crippen molar-refractivity contribution in [2.24, 2.45) is 11.8 Å². The summed E-state index contributed by atoms with van der Waals surface area (Å²) in [6, 6.07) is 0.0530. The Morgan fingerprint density at radius 2 is 1.94 bits per heavy atom. The zero-order valence-corrected chi connectivity index (χ0v) is 10.3. The van der Waals surface area contributed by atoms with Gasteiger partial charge in [0.05, 0.1) is 5.92 Å². The van der Waals surface area contributed by atoms with E-state index >= 15 is 0 Å². The van der Waals surface area contributed by atoms with Gasteiger partial charge in [-0.25, -0.2) is 4.79 Å². The standard InChI is InChI=1S/C11H20N2O3/c1-7(2)12(4)11(16)13-5-8(3)9(6-13)10(14)15/h7-9H,5-6H2,1-4H3,(H,14,15). The number of hydrogen-bond donors (Lipinski definition) is 1. The molecule has 0 aromatic heterocycles. The summed E-state index contributed by atoms with van der Waals surface area (Å²) in [5.41, 5.74) is 0. The molecule has 1 rings (SSSR count). The monoisotopic (exact) mass is 228 g/mol. The highest BCUT2D eigenvalue weighted by atomic mass is 16.4. The van der Waals surface area contributed by atoms with E-state index in [-0.39, 0.29) is 18.0 Å². The van der Waals surface area contributed by atoms with Crippen LogP contribution < -0.4 is 0 Å². The first-order valence-electron chi connectivity index (χ1n) is 5.59. The molecule has 16 heavy (non-hydrogen) atoms. The van der Waals surface area contributed by atoms with Gasteiger partial charge in [0.2, 0.25) is 0 Å². The molecule has 0 spiro atoms. The number of nitrogens with zero attached hydrogens (tertiary/aromatic N) is 2. The number of carboxylic acid groups (broad SMARTS) is 1. The van der Waals surface area contributed by atoms with Gasteiger partial charge >= 0.3 is 12.0 Å². The van der Waals surface area contributed by atoms with E-state index in [4.69, 9.17) is 5.11 Å². The van der Waals surface area contributed by atoms with Gasteiger partial charge in [0.25, 0.3) is 0 Å². The molecule has 2 unspecified atom stereocenters. The summed E-state index contributed by atoms with van der Waals surface area (Å²) >= 11 is 0. The molecular formula is C11H20N2O3. The first kappa shape index (κ1) is 12.8. The van der Waals surface area contributed by atoms with E-state index in [1.54, 1.807) is 16.8 Å². The fourth-order valence-corrected chi connectivity index (χ4v) is 1.89. The van der Waals surface area contributed by atoms with Crippen LogP contribution >= 0.6 is 0 Å². The van der Waals surface area contributed by atoms with Crippen LogP contribution in [0.5, 0.6) is 0 Å². The summed E-state index contributed by atoms with van der Waals surface area (Å²) in [7, 11) is 1.74. The number of hydrogen-bond acceptors (Lipinski definition) is 2. The Bertz CT molecular complexity index is 291. The third kappa shape index (κ3) is 2.46. The van der Waals surface area contributed by atoms with Crippen LogP contribution in [0, 0.1) is 11.8 Å². The van der Waals surface area contributed by atoms with Crippen molar-refractivity contribution in [1.82, 2.24) is 9.80 Å². The van der Waals surface area contributed by atoms with E-state index in [1.165, 1.54) is 0 Å². The number of urea groups is 1. The van der Waals surface area contributed by atoms with E-state index in [1.807, 2.05) is 20.8 Å². The summed E-state index contributed by atoms with van der Waals surface area (Å²) < 4.78 is 0. The molecule has 0 aliphatic carbocycles. The number of rotatable bonds is 2. The molecule has 2 atom stereocenters. The molecule has 0 aromatic carbocycles. The second-order valence-corrected chi connectivity index (χ2v) is 4.81. The molecule has 5 nitrogen and oxygen atoms in total. The Morgan fingerprint density at radius 3 is 2.31 bits per heavy atom. The zero-order valence-electron chi connectivity index (χ0n) is 10.3. The van der Waals surface area contributed by atoms with E-state index in [2.05, 4.69) is 0 Å². The van der Waals surface area contributed by atoms with Crippen molar-refractivity contribution in [3.8, 4) is 0 Å². The van der Waals surface area contributed by atoms with Crippen molar-refractivity contribution in [2.45, 2.75) is 26.8 Å². The molecule has 1 aliphatic heterocycles. The van der Waals surface area contributed by atoms with Crippen LogP contribution in [0.3, 0.4) is 0 Å². The highest BCUT2D eigenvalue weighted by Crippen LogP contribution is 2.24. The van der Waals surface area contributed by atoms with Gasteiger partial charge < -0.3 is 14.9 Å². The van der Waals surface area contributed by atoms with Crippen LogP contribution in [0.15, 0.2) is 0 Å². The maximum atomic E-state index is 12.0. The summed E-state index contributed by atoms with van der Waals surface area (Å²) in [5, 5.41) is 8.98. The molecular weight excluding hydrogens is 208 g/mol. The van der Waals surface area contributed by atoms with E-state index in [0.717, 1.165) is 0 Å². The Morgan fingerprint density at radius 1 is 1.38 bits per heavy atom. The van der Waals surface area contributed by atoms with E-state index in [9.17, 15) is 9.59 Å². The molecule has 0 radical (unpaired) electrons. The van der Waals surface area contributed by atoms with Crippen molar-refractivity contribution >= 4 is 12.0 Å². The van der Waals surface area contributed by atoms with E-state index < -0.39 is 11.9 Å². The molecule has 1 fully saturated rings. The van der Waals surface area contributed by atoms with Crippen molar-refractivity contribution in [3.63, 3.8) is 0 Å². The van der Waals surface area contributed by atoms with Crippen LogP contribution in [0.25, 0.3) is 0 Å². The van der Waals surface area contributed by atoms with Crippen molar-refractivity contribution < 1.29 is 14.7 Å². The van der Waals surface area contributed by atoms with Gasteiger partial charge in [-0.1, -0.05) is 6.92 Å².